The van der Waals surface area contributed by atoms with Crippen molar-refractivity contribution >= 4 is 23.2 Å². The fourth-order valence-electron chi connectivity index (χ4n) is 3.65. The number of ether oxygens (including phenoxy) is 1. The SMILES string of the molecule is O=C(COc1ccccc1Cc1ccccc1)Nc1ccccc1N1CCCC1=O. The summed E-state index contributed by atoms with van der Waals surface area (Å²) in [5.41, 5.74) is 3.57. The minimum atomic E-state index is -0.261. The number of carbonyl (C=O) groups excluding carboxylic acids is 2. The van der Waals surface area contributed by atoms with E-state index in [1.807, 2.05) is 66.7 Å². The lowest BCUT2D eigenvalue weighted by atomic mass is 10.0. The summed E-state index contributed by atoms with van der Waals surface area (Å²) in [5.74, 6) is 0.519. The van der Waals surface area contributed by atoms with Crippen molar-refractivity contribution in [3.05, 3.63) is 90.0 Å². The van der Waals surface area contributed by atoms with E-state index in [9.17, 15) is 9.59 Å². The van der Waals surface area contributed by atoms with Gasteiger partial charge < -0.3 is 15.0 Å². The quantitative estimate of drug-likeness (QED) is 0.639. The van der Waals surface area contributed by atoms with Crippen molar-refractivity contribution in [2.75, 3.05) is 23.4 Å². The molecule has 1 heterocycles. The first-order chi connectivity index (χ1) is 14.7. The molecule has 152 valence electrons. The number of rotatable bonds is 7. The summed E-state index contributed by atoms with van der Waals surface area (Å²) in [5, 5.41) is 2.89. The fraction of sp³-hybridized carbons (Fsp3) is 0.200. The van der Waals surface area contributed by atoms with Crippen LogP contribution in [-0.2, 0) is 16.0 Å². The van der Waals surface area contributed by atoms with E-state index in [0.717, 1.165) is 24.1 Å². The number of carbonyl (C=O) groups is 2. The average Bonchev–Trinajstić information content (AvgIpc) is 3.20. The van der Waals surface area contributed by atoms with Crippen molar-refractivity contribution in [3.63, 3.8) is 0 Å². The molecule has 4 rings (SSSR count). The van der Waals surface area contributed by atoms with Gasteiger partial charge in [-0.3, -0.25) is 9.59 Å². The molecule has 0 saturated carbocycles. The molecular weight excluding hydrogens is 376 g/mol. The predicted molar refractivity (Wildman–Crippen MR) is 118 cm³/mol. The zero-order valence-corrected chi connectivity index (χ0v) is 16.7. The molecule has 0 aliphatic carbocycles. The maximum Gasteiger partial charge on any atom is 0.262 e. The molecule has 2 amide bonds. The number of hydrogen-bond donors (Lipinski definition) is 1. The van der Waals surface area contributed by atoms with Gasteiger partial charge in [-0.25, -0.2) is 0 Å². The maximum absolute atomic E-state index is 12.6. The summed E-state index contributed by atoms with van der Waals surface area (Å²) < 4.78 is 5.84. The number of nitrogens with one attached hydrogen (secondary N) is 1. The fourth-order valence-corrected chi connectivity index (χ4v) is 3.65. The van der Waals surface area contributed by atoms with Gasteiger partial charge in [0.25, 0.3) is 5.91 Å². The van der Waals surface area contributed by atoms with Gasteiger partial charge in [0.1, 0.15) is 5.75 Å². The minimum Gasteiger partial charge on any atom is -0.483 e. The van der Waals surface area contributed by atoms with Gasteiger partial charge in [0, 0.05) is 19.4 Å². The van der Waals surface area contributed by atoms with Gasteiger partial charge in [-0.15, -0.1) is 0 Å². The third kappa shape index (κ3) is 4.69. The van der Waals surface area contributed by atoms with Crippen LogP contribution in [0.1, 0.15) is 24.0 Å². The largest absolute Gasteiger partial charge is 0.483 e. The lowest BCUT2D eigenvalue weighted by Gasteiger charge is -2.20. The molecule has 5 nitrogen and oxygen atoms in total. The Labute approximate surface area is 176 Å². The molecule has 0 bridgehead atoms. The molecule has 30 heavy (non-hydrogen) atoms. The number of hydrogen-bond acceptors (Lipinski definition) is 3. The Morgan fingerprint density at radius 3 is 2.47 bits per heavy atom. The van der Waals surface area contributed by atoms with Crippen LogP contribution in [0.25, 0.3) is 0 Å². The van der Waals surface area contributed by atoms with Crippen molar-refractivity contribution in [1.29, 1.82) is 0 Å². The molecule has 3 aromatic carbocycles. The third-order valence-electron chi connectivity index (χ3n) is 5.11. The minimum absolute atomic E-state index is 0.0859. The summed E-state index contributed by atoms with van der Waals surface area (Å²) >= 11 is 0. The second-order valence-corrected chi connectivity index (χ2v) is 7.27. The highest BCUT2D eigenvalue weighted by Gasteiger charge is 2.24. The summed E-state index contributed by atoms with van der Waals surface area (Å²) in [4.78, 5) is 26.4. The number of benzene rings is 3. The third-order valence-corrected chi connectivity index (χ3v) is 5.11. The Morgan fingerprint density at radius 2 is 1.67 bits per heavy atom. The lowest BCUT2D eigenvalue weighted by Crippen LogP contribution is -2.27. The number of para-hydroxylation sites is 3. The molecular formula is C25H24N2O3. The summed E-state index contributed by atoms with van der Waals surface area (Å²) in [6, 6.07) is 25.3. The molecule has 3 aromatic rings. The van der Waals surface area contributed by atoms with Crippen molar-refractivity contribution < 1.29 is 14.3 Å². The number of amides is 2. The molecule has 0 spiro atoms. The highest BCUT2D eigenvalue weighted by Crippen LogP contribution is 2.29. The highest BCUT2D eigenvalue weighted by atomic mass is 16.5. The summed E-state index contributed by atoms with van der Waals surface area (Å²) in [6.45, 7) is 0.573. The van der Waals surface area contributed by atoms with Gasteiger partial charge in [0.05, 0.1) is 11.4 Å². The van der Waals surface area contributed by atoms with Gasteiger partial charge in [-0.05, 0) is 35.7 Å². The smallest absolute Gasteiger partial charge is 0.262 e. The van der Waals surface area contributed by atoms with E-state index in [1.165, 1.54) is 5.56 Å². The second kappa shape index (κ2) is 9.27. The van der Waals surface area contributed by atoms with Gasteiger partial charge in [-0.2, -0.15) is 0 Å². The van der Waals surface area contributed by atoms with Crippen LogP contribution in [0.5, 0.6) is 5.75 Å². The van der Waals surface area contributed by atoms with Crippen LogP contribution >= 0.6 is 0 Å². The Kier molecular flexibility index (Phi) is 6.09. The standard InChI is InChI=1S/C25H24N2O3/c28-24(26-21-12-5-6-13-22(21)27-16-8-15-25(27)29)18-30-23-14-7-4-11-20(23)17-19-9-2-1-3-10-19/h1-7,9-14H,8,15-18H2,(H,26,28). The van der Waals surface area contributed by atoms with Gasteiger partial charge in [-0.1, -0.05) is 60.7 Å². The maximum atomic E-state index is 12.6. The summed E-state index contributed by atoms with van der Waals surface area (Å²) in [7, 11) is 0. The Morgan fingerprint density at radius 1 is 0.933 bits per heavy atom. The van der Waals surface area contributed by atoms with E-state index in [4.69, 9.17) is 4.74 Å². The van der Waals surface area contributed by atoms with Crippen LogP contribution in [0, 0.1) is 0 Å². The van der Waals surface area contributed by atoms with Crippen molar-refractivity contribution in [3.8, 4) is 5.75 Å². The van der Waals surface area contributed by atoms with Crippen LogP contribution in [0.15, 0.2) is 78.9 Å². The van der Waals surface area contributed by atoms with Gasteiger partial charge in [0.15, 0.2) is 6.61 Å². The molecule has 5 heteroatoms. The van der Waals surface area contributed by atoms with Gasteiger partial charge >= 0.3 is 0 Å². The highest BCUT2D eigenvalue weighted by molar-refractivity contribution is 6.02. The molecule has 0 atom stereocenters. The summed E-state index contributed by atoms with van der Waals surface area (Å²) in [6.07, 6.45) is 2.12. The molecule has 1 fully saturated rings. The van der Waals surface area contributed by atoms with Crippen molar-refractivity contribution in [2.24, 2.45) is 0 Å². The predicted octanol–water partition coefficient (Wildman–Crippen LogP) is 4.42. The van der Waals surface area contributed by atoms with E-state index >= 15 is 0 Å². The monoisotopic (exact) mass is 400 g/mol. The van der Waals surface area contributed by atoms with E-state index in [1.54, 1.807) is 4.90 Å². The van der Waals surface area contributed by atoms with Crippen LogP contribution in [0.3, 0.4) is 0 Å². The first-order valence-corrected chi connectivity index (χ1v) is 10.1. The lowest BCUT2D eigenvalue weighted by molar-refractivity contribution is -0.118. The Balaban J connectivity index is 1.41. The first-order valence-electron chi connectivity index (χ1n) is 10.1. The molecule has 1 aliphatic heterocycles. The Bertz CT molecular complexity index is 1030. The van der Waals surface area contributed by atoms with E-state index in [0.29, 0.717) is 24.4 Å². The van der Waals surface area contributed by atoms with E-state index < -0.39 is 0 Å². The second-order valence-electron chi connectivity index (χ2n) is 7.27. The zero-order chi connectivity index (χ0) is 20.8. The van der Waals surface area contributed by atoms with Crippen LogP contribution in [0.2, 0.25) is 0 Å². The van der Waals surface area contributed by atoms with Crippen molar-refractivity contribution in [2.45, 2.75) is 19.3 Å². The molecule has 1 N–H and O–H groups in total. The van der Waals surface area contributed by atoms with Crippen LogP contribution < -0.4 is 15.0 Å². The average molecular weight is 400 g/mol. The molecule has 1 aliphatic rings. The van der Waals surface area contributed by atoms with Crippen LogP contribution in [-0.4, -0.2) is 25.0 Å². The van der Waals surface area contributed by atoms with E-state index in [-0.39, 0.29) is 18.4 Å². The first kappa shape index (κ1) is 19.7. The van der Waals surface area contributed by atoms with Crippen LogP contribution in [0.4, 0.5) is 11.4 Å². The normalized spacial score (nSPS) is 13.3. The molecule has 0 aromatic heterocycles. The Hall–Kier alpha value is -3.60. The molecule has 0 radical (unpaired) electrons. The van der Waals surface area contributed by atoms with Crippen molar-refractivity contribution in [1.82, 2.24) is 0 Å². The molecule has 1 saturated heterocycles. The number of nitrogens with zero attached hydrogens (tertiary/aromatic N) is 1. The van der Waals surface area contributed by atoms with Gasteiger partial charge in [0.2, 0.25) is 5.91 Å². The molecule has 0 unspecified atom stereocenters. The topological polar surface area (TPSA) is 58.6 Å². The van der Waals surface area contributed by atoms with E-state index in [2.05, 4.69) is 17.4 Å². The number of anilines is 2. The zero-order valence-electron chi connectivity index (χ0n) is 16.7.